The lowest BCUT2D eigenvalue weighted by Gasteiger charge is -2.17. The van der Waals surface area contributed by atoms with Gasteiger partial charge in [0.15, 0.2) is 6.29 Å². The Bertz CT molecular complexity index is 376. The molecule has 142 valence electrons. The first-order valence-corrected chi connectivity index (χ1v) is 9.93. The van der Waals surface area contributed by atoms with Crippen LogP contribution in [0.5, 0.6) is 0 Å². The minimum absolute atomic E-state index is 0.207. The lowest BCUT2D eigenvalue weighted by Crippen LogP contribution is -2.18. The maximum Gasteiger partial charge on any atom is 0.157 e. The molecule has 0 aromatic rings. The fourth-order valence-corrected chi connectivity index (χ4v) is 2.12. The Hall–Kier alpha value is -1.29. The zero-order valence-corrected chi connectivity index (χ0v) is 16.3. The number of aldehydes is 1. The van der Waals surface area contributed by atoms with Crippen molar-refractivity contribution in [3.63, 3.8) is 0 Å². The summed E-state index contributed by atoms with van der Waals surface area (Å²) in [7, 11) is 0. The normalized spacial score (nSPS) is 10.0. The number of carbonyl (C=O) groups is 1. The maximum absolute atomic E-state index is 10.4. The van der Waals surface area contributed by atoms with Crippen LogP contribution in [0.1, 0.15) is 90.9 Å². The molecular weight excluding hydrogens is 312 g/mol. The highest BCUT2D eigenvalue weighted by atomic mass is 16.7. The quantitative estimate of drug-likeness (QED) is 0.175. The molecule has 0 amide bonds. The van der Waals surface area contributed by atoms with E-state index in [0.717, 1.165) is 64.1 Å². The van der Waals surface area contributed by atoms with E-state index in [0.29, 0.717) is 19.6 Å². The SMILES string of the molecule is CCCCC#CCCOC(CCCCC=O)OCCC#CCCCC. The van der Waals surface area contributed by atoms with Crippen LogP contribution in [0.25, 0.3) is 0 Å². The molecule has 0 saturated heterocycles. The largest absolute Gasteiger partial charge is 0.352 e. The summed E-state index contributed by atoms with van der Waals surface area (Å²) in [4.78, 5) is 10.4. The molecule has 0 aliphatic rings. The molecule has 0 heterocycles. The third-order valence-corrected chi connectivity index (χ3v) is 3.63. The van der Waals surface area contributed by atoms with Crippen LogP contribution < -0.4 is 0 Å². The molecular formula is C22H36O3. The Morgan fingerprint density at radius 3 is 1.76 bits per heavy atom. The first kappa shape index (κ1) is 23.7. The smallest absolute Gasteiger partial charge is 0.157 e. The maximum atomic E-state index is 10.4. The predicted octanol–water partition coefficient (Wildman–Crippen LogP) is 5.27. The monoisotopic (exact) mass is 348 g/mol. The van der Waals surface area contributed by atoms with Gasteiger partial charge in [-0.05, 0) is 32.1 Å². The van der Waals surface area contributed by atoms with E-state index in [1.807, 2.05) is 0 Å². The molecule has 0 unspecified atom stereocenters. The fraction of sp³-hybridized carbons (Fsp3) is 0.773. The van der Waals surface area contributed by atoms with Crippen LogP contribution in [0.4, 0.5) is 0 Å². The van der Waals surface area contributed by atoms with E-state index in [-0.39, 0.29) is 6.29 Å². The van der Waals surface area contributed by atoms with E-state index in [4.69, 9.17) is 9.47 Å². The van der Waals surface area contributed by atoms with Crippen LogP contribution in [-0.2, 0) is 14.3 Å². The molecule has 0 atom stereocenters. The van der Waals surface area contributed by atoms with E-state index in [1.54, 1.807) is 0 Å². The molecule has 0 fully saturated rings. The third kappa shape index (κ3) is 18.9. The molecule has 0 rings (SSSR count). The zero-order valence-electron chi connectivity index (χ0n) is 16.3. The van der Waals surface area contributed by atoms with Gasteiger partial charge in [-0.1, -0.05) is 26.7 Å². The standard InChI is InChI=1S/C22H36O3/c1-3-5-7-9-11-16-20-24-22(18-14-13-15-19-23)25-21-17-12-10-8-6-4-2/h19,22H,3-8,13-18,20-21H2,1-2H3. The van der Waals surface area contributed by atoms with Gasteiger partial charge in [0.05, 0.1) is 13.2 Å². The molecule has 0 aliphatic heterocycles. The summed E-state index contributed by atoms with van der Waals surface area (Å²) in [6, 6.07) is 0. The van der Waals surface area contributed by atoms with Crippen molar-refractivity contribution >= 4 is 6.29 Å². The van der Waals surface area contributed by atoms with Gasteiger partial charge in [0.2, 0.25) is 0 Å². The van der Waals surface area contributed by atoms with Gasteiger partial charge in [0.25, 0.3) is 0 Å². The second-order valence-corrected chi connectivity index (χ2v) is 6.04. The number of hydrogen-bond acceptors (Lipinski definition) is 3. The second-order valence-electron chi connectivity index (χ2n) is 6.04. The lowest BCUT2D eigenvalue weighted by atomic mass is 10.2. The molecule has 0 N–H and O–H groups in total. The van der Waals surface area contributed by atoms with E-state index in [9.17, 15) is 4.79 Å². The van der Waals surface area contributed by atoms with Crippen molar-refractivity contribution in [3.05, 3.63) is 0 Å². The molecule has 3 heteroatoms. The highest BCUT2D eigenvalue weighted by Crippen LogP contribution is 2.09. The Balaban J connectivity index is 3.96. The van der Waals surface area contributed by atoms with Crippen LogP contribution in [0.15, 0.2) is 0 Å². The number of carbonyl (C=O) groups excluding carboxylic acids is 1. The summed E-state index contributed by atoms with van der Waals surface area (Å²) in [5.41, 5.74) is 0. The molecule has 0 aliphatic carbocycles. The van der Waals surface area contributed by atoms with E-state index in [1.165, 1.54) is 12.8 Å². The van der Waals surface area contributed by atoms with Crippen molar-refractivity contribution in [1.29, 1.82) is 0 Å². The van der Waals surface area contributed by atoms with Crippen LogP contribution >= 0.6 is 0 Å². The Morgan fingerprint density at radius 2 is 1.28 bits per heavy atom. The molecule has 0 radical (unpaired) electrons. The van der Waals surface area contributed by atoms with Crippen LogP contribution in [0.2, 0.25) is 0 Å². The summed E-state index contributed by atoms with van der Waals surface area (Å²) in [5, 5.41) is 0. The second kappa shape index (κ2) is 20.8. The van der Waals surface area contributed by atoms with Crippen molar-refractivity contribution in [2.75, 3.05) is 13.2 Å². The molecule has 0 aromatic heterocycles. The average Bonchev–Trinajstić information content (AvgIpc) is 2.63. The lowest BCUT2D eigenvalue weighted by molar-refractivity contribution is -0.144. The summed E-state index contributed by atoms with van der Waals surface area (Å²) in [6.07, 6.45) is 12.1. The van der Waals surface area contributed by atoms with Gasteiger partial charge in [-0.2, -0.15) is 0 Å². The summed E-state index contributed by atoms with van der Waals surface area (Å²) in [6.45, 7) is 5.54. The van der Waals surface area contributed by atoms with Crippen LogP contribution in [-0.4, -0.2) is 25.8 Å². The summed E-state index contributed by atoms with van der Waals surface area (Å²) >= 11 is 0. The van der Waals surface area contributed by atoms with Crippen molar-refractivity contribution in [3.8, 4) is 23.7 Å². The number of ether oxygens (including phenoxy) is 2. The van der Waals surface area contributed by atoms with Gasteiger partial charge in [0, 0.05) is 32.1 Å². The highest BCUT2D eigenvalue weighted by molar-refractivity contribution is 5.48. The minimum Gasteiger partial charge on any atom is -0.352 e. The topological polar surface area (TPSA) is 35.5 Å². The van der Waals surface area contributed by atoms with E-state index < -0.39 is 0 Å². The van der Waals surface area contributed by atoms with Crippen LogP contribution in [0, 0.1) is 23.7 Å². The molecule has 3 nitrogen and oxygen atoms in total. The fourth-order valence-electron chi connectivity index (χ4n) is 2.12. The van der Waals surface area contributed by atoms with Gasteiger partial charge < -0.3 is 14.3 Å². The number of rotatable bonds is 15. The van der Waals surface area contributed by atoms with Gasteiger partial charge in [-0.25, -0.2) is 0 Å². The van der Waals surface area contributed by atoms with E-state index >= 15 is 0 Å². The van der Waals surface area contributed by atoms with Gasteiger partial charge >= 0.3 is 0 Å². The molecule has 0 aromatic carbocycles. The first-order valence-electron chi connectivity index (χ1n) is 9.93. The number of hydrogen-bond donors (Lipinski definition) is 0. The Labute approximate surface area is 155 Å². The molecule has 25 heavy (non-hydrogen) atoms. The summed E-state index contributed by atoms with van der Waals surface area (Å²) in [5.74, 6) is 12.6. The molecule has 0 spiro atoms. The van der Waals surface area contributed by atoms with E-state index in [2.05, 4.69) is 37.5 Å². The van der Waals surface area contributed by atoms with Crippen LogP contribution in [0.3, 0.4) is 0 Å². The highest BCUT2D eigenvalue weighted by Gasteiger charge is 2.08. The first-order chi connectivity index (χ1) is 12.3. The van der Waals surface area contributed by atoms with Gasteiger partial charge in [-0.3, -0.25) is 0 Å². The molecule has 0 saturated carbocycles. The van der Waals surface area contributed by atoms with Gasteiger partial charge in [-0.15, -0.1) is 23.7 Å². The van der Waals surface area contributed by atoms with Gasteiger partial charge in [0.1, 0.15) is 6.29 Å². The Morgan fingerprint density at radius 1 is 0.760 bits per heavy atom. The van der Waals surface area contributed by atoms with Crippen molar-refractivity contribution in [2.24, 2.45) is 0 Å². The van der Waals surface area contributed by atoms with Crippen molar-refractivity contribution in [2.45, 2.75) is 97.2 Å². The van der Waals surface area contributed by atoms with Crippen molar-refractivity contribution < 1.29 is 14.3 Å². The minimum atomic E-state index is -0.207. The summed E-state index contributed by atoms with van der Waals surface area (Å²) < 4.78 is 11.6. The zero-order chi connectivity index (χ0) is 18.4. The Kier molecular flexibility index (Phi) is 19.7. The average molecular weight is 349 g/mol. The molecule has 0 bridgehead atoms. The predicted molar refractivity (Wildman–Crippen MR) is 104 cm³/mol. The number of unbranched alkanes of at least 4 members (excludes halogenated alkanes) is 6. The van der Waals surface area contributed by atoms with Crippen molar-refractivity contribution in [1.82, 2.24) is 0 Å². The third-order valence-electron chi connectivity index (χ3n) is 3.63.